The van der Waals surface area contributed by atoms with Crippen molar-refractivity contribution in [3.05, 3.63) is 59.1 Å². The van der Waals surface area contributed by atoms with E-state index in [4.69, 9.17) is 11.6 Å². The number of ether oxygens (including phenoxy) is 1. The third-order valence-corrected chi connectivity index (χ3v) is 4.43. The predicted octanol–water partition coefficient (Wildman–Crippen LogP) is 4.72. The second kappa shape index (κ2) is 8.84. The number of rotatable bonds is 6. The van der Waals surface area contributed by atoms with Crippen molar-refractivity contribution in [2.45, 2.75) is 19.5 Å². The van der Waals surface area contributed by atoms with E-state index in [-0.39, 0.29) is 11.7 Å². The number of benzene rings is 2. The summed E-state index contributed by atoms with van der Waals surface area (Å²) in [6.45, 7) is -2.33. The summed E-state index contributed by atoms with van der Waals surface area (Å²) in [6, 6.07) is 11.0. The fraction of sp³-hybridized carbons (Fsp3) is 0.200. The van der Waals surface area contributed by atoms with Crippen molar-refractivity contribution >= 4 is 40.9 Å². The Morgan fingerprint density at radius 1 is 1.25 bits per heavy atom. The molecule has 1 heterocycles. The van der Waals surface area contributed by atoms with Gasteiger partial charge in [-0.25, -0.2) is 0 Å². The van der Waals surface area contributed by atoms with Gasteiger partial charge in [-0.05, 0) is 36.8 Å². The minimum Gasteiger partial charge on any atom is -0.434 e. The lowest BCUT2D eigenvalue weighted by atomic mass is 10.2. The second-order valence-corrected chi connectivity index (χ2v) is 6.46. The highest BCUT2D eigenvalue weighted by Gasteiger charge is 2.23. The first-order valence-electron chi connectivity index (χ1n) is 8.57. The highest BCUT2D eigenvalue weighted by molar-refractivity contribution is 6.34. The van der Waals surface area contributed by atoms with Gasteiger partial charge in [-0.3, -0.25) is 9.59 Å². The predicted molar refractivity (Wildman–Crippen MR) is 104 cm³/mol. The zero-order valence-corrected chi connectivity index (χ0v) is 15.5. The molecule has 0 atom stereocenters. The molecule has 146 valence electrons. The third kappa shape index (κ3) is 4.86. The van der Waals surface area contributed by atoms with Crippen molar-refractivity contribution < 1.29 is 23.1 Å². The SMILES string of the molecule is O=C(/C=C/c1ccccc1OC(F)F)Nc1ccc(N2CCCC2=O)c(Cl)c1. The molecule has 1 saturated heterocycles. The van der Waals surface area contributed by atoms with Gasteiger partial charge in [-0.15, -0.1) is 0 Å². The van der Waals surface area contributed by atoms with E-state index in [1.54, 1.807) is 41.3 Å². The van der Waals surface area contributed by atoms with Crippen LogP contribution in [0.2, 0.25) is 5.02 Å². The molecular formula is C20H17ClF2N2O3. The van der Waals surface area contributed by atoms with Crippen molar-refractivity contribution in [3.63, 3.8) is 0 Å². The fourth-order valence-electron chi connectivity index (χ4n) is 2.88. The van der Waals surface area contributed by atoms with Crippen LogP contribution in [0.1, 0.15) is 18.4 Å². The Balaban J connectivity index is 1.68. The molecule has 0 aromatic heterocycles. The Bertz CT molecular complexity index is 918. The number of para-hydroxylation sites is 1. The summed E-state index contributed by atoms with van der Waals surface area (Å²) in [6.07, 6.45) is 3.87. The molecule has 3 rings (SSSR count). The molecule has 0 spiro atoms. The number of nitrogens with one attached hydrogen (secondary N) is 1. The molecule has 1 N–H and O–H groups in total. The van der Waals surface area contributed by atoms with Gasteiger partial charge < -0.3 is 15.0 Å². The van der Waals surface area contributed by atoms with Gasteiger partial charge in [-0.1, -0.05) is 29.8 Å². The first-order valence-corrected chi connectivity index (χ1v) is 8.94. The summed E-state index contributed by atoms with van der Waals surface area (Å²) in [5, 5.41) is 2.99. The van der Waals surface area contributed by atoms with Gasteiger partial charge in [0.05, 0.1) is 10.7 Å². The summed E-state index contributed by atoms with van der Waals surface area (Å²) in [4.78, 5) is 25.6. The van der Waals surface area contributed by atoms with E-state index >= 15 is 0 Å². The smallest absolute Gasteiger partial charge is 0.387 e. The summed E-state index contributed by atoms with van der Waals surface area (Å²) < 4.78 is 29.3. The first kappa shape index (κ1) is 19.8. The van der Waals surface area contributed by atoms with Gasteiger partial charge in [0.2, 0.25) is 11.8 Å². The normalized spacial score (nSPS) is 14.1. The van der Waals surface area contributed by atoms with Crippen LogP contribution in [0.15, 0.2) is 48.5 Å². The number of anilines is 2. The van der Waals surface area contributed by atoms with Crippen LogP contribution < -0.4 is 15.0 Å². The van der Waals surface area contributed by atoms with E-state index in [0.29, 0.717) is 34.9 Å². The number of alkyl halides is 2. The quantitative estimate of drug-likeness (QED) is 0.706. The summed E-state index contributed by atoms with van der Waals surface area (Å²) in [5.41, 5.74) is 1.40. The van der Waals surface area contributed by atoms with Crippen LogP contribution in [0.4, 0.5) is 20.2 Å². The highest BCUT2D eigenvalue weighted by atomic mass is 35.5. The number of nitrogens with zero attached hydrogens (tertiary/aromatic N) is 1. The molecule has 28 heavy (non-hydrogen) atoms. The van der Waals surface area contributed by atoms with Crippen LogP contribution >= 0.6 is 11.6 Å². The zero-order chi connectivity index (χ0) is 20.1. The van der Waals surface area contributed by atoms with Crippen molar-refractivity contribution in [3.8, 4) is 5.75 Å². The van der Waals surface area contributed by atoms with Gasteiger partial charge in [0.1, 0.15) is 5.75 Å². The fourth-order valence-corrected chi connectivity index (χ4v) is 3.16. The lowest BCUT2D eigenvalue weighted by Gasteiger charge is -2.17. The van der Waals surface area contributed by atoms with Crippen LogP contribution in [-0.4, -0.2) is 25.0 Å². The molecule has 0 radical (unpaired) electrons. The van der Waals surface area contributed by atoms with Gasteiger partial charge in [0.25, 0.3) is 0 Å². The van der Waals surface area contributed by atoms with E-state index in [0.717, 1.165) is 6.42 Å². The minimum absolute atomic E-state index is 0.0197. The Kier molecular flexibility index (Phi) is 6.26. The van der Waals surface area contributed by atoms with E-state index < -0.39 is 12.5 Å². The maximum Gasteiger partial charge on any atom is 0.387 e. The van der Waals surface area contributed by atoms with Crippen molar-refractivity contribution in [1.82, 2.24) is 0 Å². The number of carbonyl (C=O) groups excluding carboxylic acids is 2. The Morgan fingerprint density at radius 2 is 2.04 bits per heavy atom. The van der Waals surface area contributed by atoms with Crippen LogP contribution in [0.3, 0.4) is 0 Å². The summed E-state index contributed by atoms with van der Waals surface area (Å²) in [7, 11) is 0. The molecule has 2 aromatic carbocycles. The molecule has 5 nitrogen and oxygen atoms in total. The van der Waals surface area contributed by atoms with Crippen LogP contribution in [0.25, 0.3) is 6.08 Å². The van der Waals surface area contributed by atoms with E-state index in [9.17, 15) is 18.4 Å². The third-order valence-electron chi connectivity index (χ3n) is 4.13. The molecule has 8 heteroatoms. The zero-order valence-electron chi connectivity index (χ0n) is 14.7. The molecular weight excluding hydrogens is 390 g/mol. The van der Waals surface area contributed by atoms with Gasteiger partial charge in [-0.2, -0.15) is 8.78 Å². The standard InChI is InChI=1S/C20H17ClF2N2O3/c21-15-12-14(8-9-16(15)25-11-3-6-19(25)27)24-18(26)10-7-13-4-1-2-5-17(13)28-20(22)23/h1-2,4-5,7-10,12,20H,3,6,11H2,(H,24,26)/b10-7+. The molecule has 0 bridgehead atoms. The Labute approximate surface area is 165 Å². The maximum absolute atomic E-state index is 12.4. The Morgan fingerprint density at radius 3 is 2.71 bits per heavy atom. The average Bonchev–Trinajstić information content (AvgIpc) is 3.06. The maximum atomic E-state index is 12.4. The molecule has 1 aliphatic heterocycles. The van der Waals surface area contributed by atoms with Crippen molar-refractivity contribution in [2.24, 2.45) is 0 Å². The summed E-state index contributed by atoms with van der Waals surface area (Å²) >= 11 is 6.25. The lowest BCUT2D eigenvalue weighted by Crippen LogP contribution is -2.24. The number of carbonyl (C=O) groups is 2. The van der Waals surface area contributed by atoms with Crippen molar-refractivity contribution in [2.75, 3.05) is 16.8 Å². The van der Waals surface area contributed by atoms with Gasteiger partial charge in [0, 0.05) is 30.3 Å². The van der Waals surface area contributed by atoms with E-state index in [1.165, 1.54) is 18.2 Å². The van der Waals surface area contributed by atoms with Gasteiger partial charge in [0.15, 0.2) is 0 Å². The number of hydrogen-bond donors (Lipinski definition) is 1. The second-order valence-electron chi connectivity index (χ2n) is 6.05. The van der Waals surface area contributed by atoms with Gasteiger partial charge >= 0.3 is 6.61 Å². The molecule has 1 fully saturated rings. The number of halogens is 3. The molecule has 0 unspecified atom stereocenters. The summed E-state index contributed by atoms with van der Waals surface area (Å²) in [5.74, 6) is -0.469. The van der Waals surface area contributed by atoms with Crippen molar-refractivity contribution in [1.29, 1.82) is 0 Å². The minimum atomic E-state index is -2.95. The number of hydrogen-bond acceptors (Lipinski definition) is 3. The van der Waals surface area contributed by atoms with Crippen LogP contribution in [0.5, 0.6) is 5.75 Å². The van der Waals surface area contributed by atoms with E-state index in [1.807, 2.05) is 0 Å². The van der Waals surface area contributed by atoms with E-state index in [2.05, 4.69) is 10.1 Å². The number of amides is 2. The topological polar surface area (TPSA) is 58.6 Å². The molecule has 2 aromatic rings. The van der Waals surface area contributed by atoms with Crippen LogP contribution in [-0.2, 0) is 9.59 Å². The monoisotopic (exact) mass is 406 g/mol. The van der Waals surface area contributed by atoms with Crippen LogP contribution in [0, 0.1) is 0 Å². The highest BCUT2D eigenvalue weighted by Crippen LogP contribution is 2.31. The molecule has 0 saturated carbocycles. The largest absolute Gasteiger partial charge is 0.434 e. The first-order chi connectivity index (χ1) is 13.4. The average molecular weight is 407 g/mol. The molecule has 1 aliphatic rings. The molecule has 2 amide bonds. The Hall–Kier alpha value is -2.93. The lowest BCUT2D eigenvalue weighted by molar-refractivity contribution is -0.117. The molecule has 0 aliphatic carbocycles.